The molecule has 2 nitrogen and oxygen atoms in total. The van der Waals surface area contributed by atoms with Gasteiger partial charge in [0.1, 0.15) is 0 Å². The first-order chi connectivity index (χ1) is 12.8. The second-order valence-corrected chi connectivity index (χ2v) is 6.18. The molecule has 0 amide bonds. The van der Waals surface area contributed by atoms with Crippen LogP contribution in [0.3, 0.4) is 0 Å². The molecular formula is C24H16O2. The number of hydrogen-bond acceptors (Lipinski definition) is 2. The van der Waals surface area contributed by atoms with Crippen LogP contribution in [0.25, 0.3) is 21.9 Å². The van der Waals surface area contributed by atoms with Crippen LogP contribution in [0.2, 0.25) is 0 Å². The SMILES string of the molecule is O=Cc1ccc(-c2ccccc2)cc1C(=O)c1ccc2ccccc2c1. The zero-order valence-corrected chi connectivity index (χ0v) is 14.1. The third-order valence-electron chi connectivity index (χ3n) is 4.54. The molecule has 0 atom stereocenters. The van der Waals surface area contributed by atoms with E-state index in [0.29, 0.717) is 16.7 Å². The van der Waals surface area contributed by atoms with Gasteiger partial charge in [0.25, 0.3) is 0 Å². The molecule has 4 aromatic rings. The fourth-order valence-electron chi connectivity index (χ4n) is 3.15. The molecule has 0 heterocycles. The van der Waals surface area contributed by atoms with E-state index in [-0.39, 0.29) is 5.78 Å². The molecule has 0 aliphatic carbocycles. The Balaban J connectivity index is 1.82. The van der Waals surface area contributed by atoms with Crippen molar-refractivity contribution in [3.05, 3.63) is 108 Å². The van der Waals surface area contributed by atoms with E-state index in [4.69, 9.17) is 0 Å². The molecule has 0 radical (unpaired) electrons. The Hall–Kier alpha value is -3.52. The Bertz CT molecular complexity index is 1110. The molecule has 0 bridgehead atoms. The second kappa shape index (κ2) is 6.77. The fourth-order valence-corrected chi connectivity index (χ4v) is 3.15. The standard InChI is InChI=1S/C24H16O2/c25-16-22-13-11-20(17-6-2-1-3-7-17)15-23(22)24(26)21-12-10-18-8-4-5-9-19(18)14-21/h1-16H. The Morgan fingerprint density at radius 1 is 0.654 bits per heavy atom. The zero-order chi connectivity index (χ0) is 17.9. The molecule has 0 saturated carbocycles. The smallest absolute Gasteiger partial charge is 0.193 e. The first-order valence-electron chi connectivity index (χ1n) is 8.44. The summed E-state index contributed by atoms with van der Waals surface area (Å²) in [5, 5.41) is 2.09. The summed E-state index contributed by atoms with van der Waals surface area (Å²) in [7, 11) is 0. The van der Waals surface area contributed by atoms with Gasteiger partial charge in [-0.05, 0) is 34.0 Å². The van der Waals surface area contributed by atoms with Gasteiger partial charge < -0.3 is 0 Å². The second-order valence-electron chi connectivity index (χ2n) is 6.18. The van der Waals surface area contributed by atoms with E-state index in [1.54, 1.807) is 12.1 Å². The van der Waals surface area contributed by atoms with Crippen molar-refractivity contribution in [3.63, 3.8) is 0 Å². The summed E-state index contributed by atoms with van der Waals surface area (Å²) in [6, 6.07) is 28.7. The topological polar surface area (TPSA) is 34.1 Å². The molecule has 0 unspecified atom stereocenters. The van der Waals surface area contributed by atoms with Gasteiger partial charge in [-0.3, -0.25) is 9.59 Å². The summed E-state index contributed by atoms with van der Waals surface area (Å²) < 4.78 is 0. The molecule has 4 rings (SSSR count). The highest BCUT2D eigenvalue weighted by Crippen LogP contribution is 2.25. The number of fused-ring (bicyclic) bond motifs is 1. The summed E-state index contributed by atoms with van der Waals surface area (Å²) in [4.78, 5) is 24.6. The Morgan fingerprint density at radius 2 is 1.38 bits per heavy atom. The summed E-state index contributed by atoms with van der Waals surface area (Å²) >= 11 is 0. The zero-order valence-electron chi connectivity index (χ0n) is 14.1. The van der Waals surface area contributed by atoms with Crippen molar-refractivity contribution < 1.29 is 9.59 Å². The Morgan fingerprint density at radius 3 is 2.15 bits per heavy atom. The highest BCUT2D eigenvalue weighted by molar-refractivity contribution is 6.14. The van der Waals surface area contributed by atoms with Gasteiger partial charge in [0, 0.05) is 16.7 Å². The number of benzene rings is 4. The molecule has 0 N–H and O–H groups in total. The number of aldehydes is 1. The van der Waals surface area contributed by atoms with Crippen LogP contribution in [0, 0.1) is 0 Å². The van der Waals surface area contributed by atoms with Crippen LogP contribution < -0.4 is 0 Å². The van der Waals surface area contributed by atoms with Crippen molar-refractivity contribution in [1.29, 1.82) is 0 Å². The van der Waals surface area contributed by atoms with Crippen LogP contribution in [0.5, 0.6) is 0 Å². The highest BCUT2D eigenvalue weighted by atomic mass is 16.1. The molecule has 2 heteroatoms. The average molecular weight is 336 g/mol. The summed E-state index contributed by atoms with van der Waals surface area (Å²) in [6.07, 6.45) is 0.739. The maximum Gasteiger partial charge on any atom is 0.193 e. The summed E-state index contributed by atoms with van der Waals surface area (Å²) in [5.41, 5.74) is 3.34. The third kappa shape index (κ3) is 2.93. The minimum Gasteiger partial charge on any atom is -0.298 e. The lowest BCUT2D eigenvalue weighted by atomic mass is 9.93. The maximum absolute atomic E-state index is 13.1. The third-order valence-corrected chi connectivity index (χ3v) is 4.54. The van der Waals surface area contributed by atoms with Gasteiger partial charge in [-0.25, -0.2) is 0 Å². The van der Waals surface area contributed by atoms with Crippen LogP contribution in [0.4, 0.5) is 0 Å². The van der Waals surface area contributed by atoms with Crippen molar-refractivity contribution in [3.8, 4) is 11.1 Å². The summed E-state index contributed by atoms with van der Waals surface area (Å²) in [5.74, 6) is -0.143. The Labute approximate surface area is 151 Å². The molecule has 0 saturated heterocycles. The number of hydrogen-bond donors (Lipinski definition) is 0. The minimum atomic E-state index is -0.143. The number of carbonyl (C=O) groups is 2. The van der Waals surface area contributed by atoms with Gasteiger partial charge in [-0.1, -0.05) is 78.9 Å². The van der Waals surface area contributed by atoms with Crippen molar-refractivity contribution in [2.45, 2.75) is 0 Å². The van der Waals surface area contributed by atoms with Gasteiger partial charge in [0.05, 0.1) is 0 Å². The first-order valence-corrected chi connectivity index (χ1v) is 8.44. The normalized spacial score (nSPS) is 10.6. The molecule has 0 spiro atoms. The molecular weight excluding hydrogens is 320 g/mol. The van der Waals surface area contributed by atoms with E-state index >= 15 is 0 Å². The van der Waals surface area contributed by atoms with Crippen LogP contribution in [-0.4, -0.2) is 12.1 Å². The molecule has 0 aliphatic rings. The van der Waals surface area contributed by atoms with E-state index in [1.165, 1.54) is 0 Å². The van der Waals surface area contributed by atoms with Gasteiger partial charge in [-0.2, -0.15) is 0 Å². The van der Waals surface area contributed by atoms with Crippen LogP contribution in [-0.2, 0) is 0 Å². The van der Waals surface area contributed by atoms with E-state index in [0.717, 1.165) is 28.2 Å². The van der Waals surface area contributed by atoms with E-state index < -0.39 is 0 Å². The molecule has 0 aromatic heterocycles. The average Bonchev–Trinajstić information content (AvgIpc) is 2.73. The van der Waals surface area contributed by atoms with Crippen LogP contribution in [0.15, 0.2) is 91.0 Å². The minimum absolute atomic E-state index is 0.143. The lowest BCUT2D eigenvalue weighted by molar-refractivity contribution is 0.102. The van der Waals surface area contributed by atoms with Crippen LogP contribution >= 0.6 is 0 Å². The molecule has 124 valence electrons. The van der Waals surface area contributed by atoms with Gasteiger partial charge >= 0.3 is 0 Å². The quantitative estimate of drug-likeness (QED) is 0.362. The largest absolute Gasteiger partial charge is 0.298 e. The number of ketones is 1. The number of carbonyl (C=O) groups excluding carboxylic acids is 2. The number of rotatable bonds is 4. The van der Waals surface area contributed by atoms with E-state index in [2.05, 4.69) is 0 Å². The fraction of sp³-hybridized carbons (Fsp3) is 0. The van der Waals surface area contributed by atoms with Crippen molar-refractivity contribution in [1.82, 2.24) is 0 Å². The molecule has 4 aromatic carbocycles. The molecule has 0 aliphatic heterocycles. The monoisotopic (exact) mass is 336 g/mol. The maximum atomic E-state index is 13.1. The van der Waals surface area contributed by atoms with Gasteiger partial charge in [0.15, 0.2) is 12.1 Å². The molecule has 0 fully saturated rings. The molecule has 26 heavy (non-hydrogen) atoms. The lowest BCUT2D eigenvalue weighted by Gasteiger charge is -2.09. The van der Waals surface area contributed by atoms with Crippen LogP contribution in [0.1, 0.15) is 26.3 Å². The Kier molecular flexibility index (Phi) is 4.16. The summed E-state index contributed by atoms with van der Waals surface area (Å²) in [6.45, 7) is 0. The first kappa shape index (κ1) is 16.0. The van der Waals surface area contributed by atoms with Crippen molar-refractivity contribution >= 4 is 22.8 Å². The van der Waals surface area contributed by atoms with Gasteiger partial charge in [-0.15, -0.1) is 0 Å². The van der Waals surface area contributed by atoms with E-state index in [9.17, 15) is 9.59 Å². The highest BCUT2D eigenvalue weighted by Gasteiger charge is 2.15. The van der Waals surface area contributed by atoms with Crippen molar-refractivity contribution in [2.75, 3.05) is 0 Å². The van der Waals surface area contributed by atoms with Crippen molar-refractivity contribution in [2.24, 2.45) is 0 Å². The lowest BCUT2D eigenvalue weighted by Crippen LogP contribution is -2.05. The van der Waals surface area contributed by atoms with E-state index in [1.807, 2.05) is 78.9 Å². The predicted octanol–water partition coefficient (Wildman–Crippen LogP) is 5.55. The van der Waals surface area contributed by atoms with Gasteiger partial charge in [0.2, 0.25) is 0 Å². The predicted molar refractivity (Wildman–Crippen MR) is 105 cm³/mol.